The van der Waals surface area contributed by atoms with E-state index in [-0.39, 0.29) is 17.4 Å². The highest BCUT2D eigenvalue weighted by Crippen LogP contribution is 2.26. The van der Waals surface area contributed by atoms with E-state index in [1.807, 2.05) is 13.8 Å². The third kappa shape index (κ3) is 2.53. The van der Waals surface area contributed by atoms with E-state index in [2.05, 4.69) is 5.32 Å². The largest absolute Gasteiger partial charge is 0.396 e. The van der Waals surface area contributed by atoms with Gasteiger partial charge in [-0.25, -0.2) is 8.78 Å². The molecule has 0 aliphatic carbocycles. The van der Waals surface area contributed by atoms with Gasteiger partial charge in [0.15, 0.2) is 0 Å². The van der Waals surface area contributed by atoms with Gasteiger partial charge in [0.2, 0.25) is 0 Å². The van der Waals surface area contributed by atoms with E-state index in [1.54, 1.807) is 0 Å². The molecule has 2 rings (SSSR count). The zero-order valence-electron chi connectivity index (χ0n) is 10.8. The Balaban J connectivity index is 2.23. The molecule has 1 amide bonds. The predicted octanol–water partition coefficient (Wildman–Crippen LogP) is 1.84. The zero-order chi connectivity index (χ0) is 14.2. The summed E-state index contributed by atoms with van der Waals surface area (Å²) in [6, 6.07) is 1.62. The van der Waals surface area contributed by atoms with Gasteiger partial charge in [-0.1, -0.05) is 0 Å². The van der Waals surface area contributed by atoms with E-state index in [0.717, 1.165) is 6.07 Å². The van der Waals surface area contributed by atoms with Gasteiger partial charge in [-0.2, -0.15) is 0 Å². The van der Waals surface area contributed by atoms with Crippen LogP contribution in [0.5, 0.6) is 0 Å². The minimum atomic E-state index is -0.931. The Morgan fingerprint density at radius 1 is 1.47 bits per heavy atom. The number of nitrogens with two attached hydrogens (primary N) is 1. The van der Waals surface area contributed by atoms with Crippen LogP contribution in [0.25, 0.3) is 0 Å². The van der Waals surface area contributed by atoms with Crippen LogP contribution in [0.1, 0.15) is 30.6 Å². The topological polar surface area (TPSA) is 64.3 Å². The second-order valence-corrected chi connectivity index (χ2v) is 4.99. The van der Waals surface area contributed by atoms with Crippen LogP contribution in [0.2, 0.25) is 0 Å². The van der Waals surface area contributed by atoms with Gasteiger partial charge in [0.05, 0.1) is 22.9 Å². The molecule has 3 N–H and O–H groups in total. The first kappa shape index (κ1) is 13.7. The molecule has 1 heterocycles. The lowest BCUT2D eigenvalue weighted by molar-refractivity contribution is 0.0724. The number of benzene rings is 1. The van der Waals surface area contributed by atoms with Gasteiger partial charge >= 0.3 is 0 Å². The molecular weight excluding hydrogens is 254 g/mol. The van der Waals surface area contributed by atoms with Gasteiger partial charge in [0.25, 0.3) is 5.91 Å². The molecule has 1 fully saturated rings. The molecule has 1 aromatic carbocycles. The van der Waals surface area contributed by atoms with Crippen LogP contribution in [-0.2, 0) is 4.74 Å². The summed E-state index contributed by atoms with van der Waals surface area (Å²) < 4.78 is 32.0. The average molecular weight is 270 g/mol. The number of nitrogen functional groups attached to an aromatic ring is 1. The fourth-order valence-corrected chi connectivity index (χ4v) is 2.07. The summed E-state index contributed by atoms with van der Waals surface area (Å²) >= 11 is 0. The van der Waals surface area contributed by atoms with E-state index < -0.39 is 23.1 Å². The quantitative estimate of drug-likeness (QED) is 0.806. The van der Waals surface area contributed by atoms with E-state index in [4.69, 9.17) is 10.5 Å². The molecule has 0 saturated carbocycles. The van der Waals surface area contributed by atoms with Crippen molar-refractivity contribution in [2.75, 3.05) is 12.3 Å². The zero-order valence-corrected chi connectivity index (χ0v) is 10.8. The Hall–Kier alpha value is -1.69. The minimum absolute atomic E-state index is 0.169. The number of nitrogens with one attached hydrogen (secondary N) is 1. The smallest absolute Gasteiger partial charge is 0.254 e. The lowest BCUT2D eigenvalue weighted by Crippen LogP contribution is -2.50. The molecule has 0 spiro atoms. The first-order valence-corrected chi connectivity index (χ1v) is 6.02. The van der Waals surface area contributed by atoms with Crippen molar-refractivity contribution in [2.24, 2.45) is 0 Å². The van der Waals surface area contributed by atoms with E-state index in [1.165, 1.54) is 0 Å². The van der Waals surface area contributed by atoms with Gasteiger partial charge in [0.1, 0.15) is 11.6 Å². The highest BCUT2D eigenvalue weighted by atomic mass is 19.1. The Labute approximate surface area is 109 Å². The Morgan fingerprint density at radius 2 is 2.16 bits per heavy atom. The molecule has 0 radical (unpaired) electrons. The molecule has 1 aliphatic heterocycles. The van der Waals surface area contributed by atoms with Crippen molar-refractivity contribution >= 4 is 11.6 Å². The highest BCUT2D eigenvalue weighted by Gasteiger charge is 2.38. The summed E-state index contributed by atoms with van der Waals surface area (Å²) in [5.74, 6) is -2.43. The molecule has 1 aromatic rings. The molecule has 1 aliphatic rings. The molecule has 0 bridgehead atoms. The number of carbonyl (C=O) groups excluding carboxylic acids is 1. The maximum Gasteiger partial charge on any atom is 0.254 e. The van der Waals surface area contributed by atoms with Crippen molar-refractivity contribution < 1.29 is 18.3 Å². The number of anilines is 1. The minimum Gasteiger partial charge on any atom is -0.396 e. The van der Waals surface area contributed by atoms with Crippen molar-refractivity contribution in [3.63, 3.8) is 0 Å². The summed E-state index contributed by atoms with van der Waals surface area (Å²) in [7, 11) is 0. The average Bonchev–Trinajstić information content (AvgIpc) is 2.64. The van der Waals surface area contributed by atoms with Crippen LogP contribution in [0.15, 0.2) is 12.1 Å². The van der Waals surface area contributed by atoms with E-state index in [9.17, 15) is 13.6 Å². The maximum atomic E-state index is 13.6. The normalized spacial score (nSPS) is 26.4. The molecule has 6 heteroatoms. The van der Waals surface area contributed by atoms with Crippen molar-refractivity contribution in [1.82, 2.24) is 5.32 Å². The molecule has 2 unspecified atom stereocenters. The highest BCUT2D eigenvalue weighted by molar-refractivity contribution is 5.95. The van der Waals surface area contributed by atoms with Crippen LogP contribution in [-0.4, -0.2) is 24.2 Å². The van der Waals surface area contributed by atoms with Crippen LogP contribution in [0, 0.1) is 11.6 Å². The SMILES string of the molecule is CC1OCCC1(C)NC(=O)c1cc(N)c(F)cc1F. The standard InChI is InChI=1S/C13H16F2N2O2/c1-7-13(2,3-4-19-7)17-12(18)8-5-11(16)10(15)6-9(8)14/h5-7H,3-4,16H2,1-2H3,(H,17,18). The number of halogens is 2. The van der Waals surface area contributed by atoms with Gasteiger partial charge in [-0.15, -0.1) is 0 Å². The van der Waals surface area contributed by atoms with Crippen LogP contribution in [0.3, 0.4) is 0 Å². The summed E-state index contributed by atoms with van der Waals surface area (Å²) in [6.45, 7) is 4.20. The fourth-order valence-electron chi connectivity index (χ4n) is 2.07. The number of ether oxygens (including phenoxy) is 1. The molecule has 1 saturated heterocycles. The van der Waals surface area contributed by atoms with Crippen LogP contribution in [0.4, 0.5) is 14.5 Å². The van der Waals surface area contributed by atoms with Crippen LogP contribution < -0.4 is 11.1 Å². The molecule has 4 nitrogen and oxygen atoms in total. The lowest BCUT2D eigenvalue weighted by atomic mass is 9.94. The molecule has 19 heavy (non-hydrogen) atoms. The van der Waals surface area contributed by atoms with Crippen LogP contribution >= 0.6 is 0 Å². The van der Waals surface area contributed by atoms with Crippen molar-refractivity contribution in [2.45, 2.75) is 31.9 Å². The van der Waals surface area contributed by atoms with Crippen molar-refractivity contribution in [3.05, 3.63) is 29.3 Å². The van der Waals surface area contributed by atoms with E-state index >= 15 is 0 Å². The molecular formula is C13H16F2N2O2. The maximum absolute atomic E-state index is 13.6. The predicted molar refractivity (Wildman–Crippen MR) is 66.7 cm³/mol. The molecule has 2 atom stereocenters. The fraction of sp³-hybridized carbons (Fsp3) is 0.462. The summed E-state index contributed by atoms with van der Waals surface area (Å²) in [6.07, 6.45) is 0.468. The number of hydrogen-bond acceptors (Lipinski definition) is 3. The van der Waals surface area contributed by atoms with Gasteiger partial charge in [-0.3, -0.25) is 4.79 Å². The van der Waals surface area contributed by atoms with E-state index in [0.29, 0.717) is 19.1 Å². The van der Waals surface area contributed by atoms with Gasteiger partial charge in [0, 0.05) is 12.7 Å². The third-order valence-corrected chi connectivity index (χ3v) is 3.62. The summed E-state index contributed by atoms with van der Waals surface area (Å²) in [4.78, 5) is 12.1. The Bertz CT molecular complexity index is 522. The first-order valence-electron chi connectivity index (χ1n) is 6.02. The monoisotopic (exact) mass is 270 g/mol. The number of amides is 1. The Morgan fingerprint density at radius 3 is 2.74 bits per heavy atom. The molecule has 104 valence electrons. The van der Waals surface area contributed by atoms with Gasteiger partial charge < -0.3 is 15.8 Å². The summed E-state index contributed by atoms with van der Waals surface area (Å²) in [5, 5.41) is 2.73. The lowest BCUT2D eigenvalue weighted by Gasteiger charge is -2.29. The van der Waals surface area contributed by atoms with Crippen molar-refractivity contribution in [1.29, 1.82) is 0 Å². The Kier molecular flexibility index (Phi) is 3.45. The second-order valence-electron chi connectivity index (χ2n) is 4.99. The second kappa shape index (κ2) is 4.77. The van der Waals surface area contributed by atoms with Gasteiger partial charge in [-0.05, 0) is 26.3 Å². The summed E-state index contributed by atoms with van der Waals surface area (Å²) in [5.41, 5.74) is 4.26. The third-order valence-electron chi connectivity index (χ3n) is 3.62. The van der Waals surface area contributed by atoms with Crippen molar-refractivity contribution in [3.8, 4) is 0 Å². The number of rotatable bonds is 2. The number of carbonyl (C=O) groups is 1. The first-order chi connectivity index (χ1) is 8.83. The number of hydrogen-bond donors (Lipinski definition) is 2. The molecule has 0 aromatic heterocycles.